The van der Waals surface area contributed by atoms with Gasteiger partial charge in [-0.05, 0) is 49.8 Å². The van der Waals surface area contributed by atoms with E-state index in [-0.39, 0.29) is 17.2 Å². The Kier molecular flexibility index (Phi) is 5.75. The van der Waals surface area contributed by atoms with E-state index in [1.165, 1.54) is 24.8 Å². The summed E-state index contributed by atoms with van der Waals surface area (Å²) in [7, 11) is 1.42. The van der Waals surface area contributed by atoms with E-state index in [1.54, 1.807) is 11.0 Å². The average molecular weight is 410 g/mol. The molecule has 0 aliphatic carbocycles. The maximum atomic E-state index is 14.6. The topological polar surface area (TPSA) is 49.9 Å². The van der Waals surface area contributed by atoms with Gasteiger partial charge >= 0.3 is 0 Å². The van der Waals surface area contributed by atoms with Crippen LogP contribution >= 0.6 is 0 Å². The van der Waals surface area contributed by atoms with Crippen LogP contribution in [-0.2, 0) is 11.2 Å². The summed E-state index contributed by atoms with van der Waals surface area (Å²) in [6.45, 7) is 1.77. The van der Waals surface area contributed by atoms with Gasteiger partial charge in [-0.2, -0.15) is 0 Å². The van der Waals surface area contributed by atoms with Crippen LogP contribution in [0.25, 0.3) is 0 Å². The largest absolute Gasteiger partial charge is 0.496 e. The van der Waals surface area contributed by atoms with Gasteiger partial charge in [-0.3, -0.25) is 9.59 Å². The van der Waals surface area contributed by atoms with Crippen molar-refractivity contribution in [1.29, 1.82) is 0 Å². The Hall–Kier alpha value is -2.89. The summed E-state index contributed by atoms with van der Waals surface area (Å²) in [6, 6.07) is 14.4. The van der Waals surface area contributed by atoms with Crippen molar-refractivity contribution >= 4 is 11.8 Å². The number of nitrogens with zero attached hydrogens (tertiary/aromatic N) is 2. The summed E-state index contributed by atoms with van der Waals surface area (Å²) in [5.41, 5.74) is 0.218. The van der Waals surface area contributed by atoms with Crippen molar-refractivity contribution in [1.82, 2.24) is 9.80 Å². The number of likely N-dealkylation sites (tertiary alicyclic amines) is 2. The van der Waals surface area contributed by atoms with Gasteiger partial charge in [0.25, 0.3) is 5.91 Å². The number of amides is 2. The lowest BCUT2D eigenvalue weighted by atomic mass is 9.84. The first kappa shape index (κ1) is 20.4. The lowest BCUT2D eigenvalue weighted by molar-refractivity contribution is -0.145. The molecule has 0 saturated carbocycles. The predicted molar refractivity (Wildman–Crippen MR) is 112 cm³/mol. The van der Waals surface area contributed by atoms with Crippen LogP contribution in [0.1, 0.15) is 41.6 Å². The number of rotatable bonds is 5. The molecule has 158 valence electrons. The quantitative estimate of drug-likeness (QED) is 0.756. The molecule has 2 amide bonds. The van der Waals surface area contributed by atoms with Crippen molar-refractivity contribution in [2.75, 3.05) is 26.7 Å². The maximum absolute atomic E-state index is 14.6. The molecule has 1 unspecified atom stereocenters. The first-order valence-corrected chi connectivity index (χ1v) is 10.5. The van der Waals surface area contributed by atoms with E-state index in [2.05, 4.69) is 12.1 Å². The van der Waals surface area contributed by atoms with E-state index in [9.17, 15) is 14.0 Å². The zero-order chi connectivity index (χ0) is 21.1. The number of halogens is 1. The van der Waals surface area contributed by atoms with Gasteiger partial charge in [0.1, 0.15) is 22.7 Å². The van der Waals surface area contributed by atoms with Crippen LogP contribution in [0.4, 0.5) is 4.39 Å². The van der Waals surface area contributed by atoms with E-state index in [0.29, 0.717) is 32.5 Å². The summed E-state index contributed by atoms with van der Waals surface area (Å²) in [5, 5.41) is 0. The Bertz CT molecular complexity index is 933. The molecule has 2 aliphatic rings. The van der Waals surface area contributed by atoms with Gasteiger partial charge in [-0.15, -0.1) is 0 Å². The minimum atomic E-state index is -0.876. The lowest BCUT2D eigenvalue weighted by Gasteiger charge is -2.44. The number of hydrogen-bond acceptors (Lipinski definition) is 3. The third-order valence-electron chi connectivity index (χ3n) is 6.36. The number of hydrogen-bond donors (Lipinski definition) is 0. The Morgan fingerprint density at radius 1 is 1.07 bits per heavy atom. The highest BCUT2D eigenvalue weighted by molar-refractivity contribution is 6.02. The Labute approximate surface area is 176 Å². The van der Waals surface area contributed by atoms with E-state index in [0.717, 1.165) is 19.3 Å². The molecule has 30 heavy (non-hydrogen) atoms. The van der Waals surface area contributed by atoms with Gasteiger partial charge in [0.15, 0.2) is 0 Å². The minimum Gasteiger partial charge on any atom is -0.496 e. The number of carbonyl (C=O) groups is 2. The average Bonchev–Trinajstić information content (AvgIpc) is 3.19. The number of carbonyl (C=O) groups excluding carboxylic acids is 2. The van der Waals surface area contributed by atoms with Crippen LogP contribution in [0.3, 0.4) is 0 Å². The van der Waals surface area contributed by atoms with Crippen LogP contribution < -0.4 is 4.74 Å². The molecule has 2 fully saturated rings. The fourth-order valence-electron chi connectivity index (χ4n) is 4.86. The standard InChI is InChI=1S/C24H27FN2O3/c1-30-20-11-5-10-19(25)21(20)22(28)27-16-7-14-24(27)13-6-15-26(23(24)29)17-12-18-8-3-2-4-9-18/h2-5,8-11H,6-7,12-17H2,1H3. The van der Waals surface area contributed by atoms with Crippen molar-refractivity contribution in [2.45, 2.75) is 37.6 Å². The molecule has 4 rings (SSSR count). The van der Waals surface area contributed by atoms with Gasteiger partial charge in [-0.25, -0.2) is 4.39 Å². The molecule has 0 aromatic heterocycles. The third-order valence-corrected chi connectivity index (χ3v) is 6.36. The first-order valence-electron chi connectivity index (χ1n) is 10.5. The minimum absolute atomic E-state index is 0.00848. The van der Waals surface area contributed by atoms with Crippen molar-refractivity contribution < 1.29 is 18.7 Å². The van der Waals surface area contributed by atoms with Crippen LogP contribution in [0.2, 0.25) is 0 Å². The monoisotopic (exact) mass is 410 g/mol. The molecule has 6 heteroatoms. The third kappa shape index (κ3) is 3.55. The molecule has 2 aromatic carbocycles. The van der Waals surface area contributed by atoms with E-state index >= 15 is 0 Å². The number of methoxy groups -OCH3 is 1. The molecule has 2 saturated heterocycles. The van der Waals surface area contributed by atoms with Crippen LogP contribution in [0.15, 0.2) is 48.5 Å². The van der Waals surface area contributed by atoms with Crippen molar-refractivity contribution in [2.24, 2.45) is 0 Å². The molecule has 0 N–H and O–H groups in total. The molecule has 0 bridgehead atoms. The van der Waals surface area contributed by atoms with Gasteiger partial charge in [0, 0.05) is 19.6 Å². The molecule has 0 radical (unpaired) electrons. The normalized spacial score (nSPS) is 21.3. The molecule has 1 spiro atoms. The molecule has 2 heterocycles. The van der Waals surface area contributed by atoms with Gasteiger partial charge in [0.05, 0.1) is 7.11 Å². The van der Waals surface area contributed by atoms with E-state index in [4.69, 9.17) is 4.74 Å². The summed E-state index contributed by atoms with van der Waals surface area (Å²) in [6.07, 6.45) is 3.59. The lowest BCUT2D eigenvalue weighted by Crippen LogP contribution is -2.61. The summed E-state index contributed by atoms with van der Waals surface area (Å²) >= 11 is 0. The summed E-state index contributed by atoms with van der Waals surface area (Å²) in [5.74, 6) is -0.886. The maximum Gasteiger partial charge on any atom is 0.261 e. The Balaban J connectivity index is 1.58. The summed E-state index contributed by atoms with van der Waals surface area (Å²) in [4.78, 5) is 30.4. The smallest absolute Gasteiger partial charge is 0.261 e. The molecule has 2 aromatic rings. The van der Waals surface area contributed by atoms with Crippen LogP contribution in [0, 0.1) is 5.82 Å². The van der Waals surface area contributed by atoms with Crippen LogP contribution in [0.5, 0.6) is 5.75 Å². The fraction of sp³-hybridized carbons (Fsp3) is 0.417. The number of benzene rings is 2. The molecular formula is C24H27FN2O3. The second-order valence-electron chi connectivity index (χ2n) is 8.04. The second kappa shape index (κ2) is 8.46. The highest BCUT2D eigenvalue weighted by Crippen LogP contribution is 2.40. The zero-order valence-electron chi connectivity index (χ0n) is 17.3. The molecule has 1 atom stereocenters. The zero-order valence-corrected chi connectivity index (χ0v) is 17.3. The van der Waals surface area contributed by atoms with Crippen molar-refractivity contribution in [3.05, 3.63) is 65.5 Å². The summed E-state index contributed by atoms with van der Waals surface area (Å²) < 4.78 is 19.8. The molecular weight excluding hydrogens is 383 g/mol. The molecule has 2 aliphatic heterocycles. The van der Waals surface area contributed by atoms with Gasteiger partial charge in [0.2, 0.25) is 5.91 Å². The van der Waals surface area contributed by atoms with Crippen LogP contribution in [-0.4, -0.2) is 53.9 Å². The van der Waals surface area contributed by atoms with Crippen molar-refractivity contribution in [3.63, 3.8) is 0 Å². The predicted octanol–water partition coefficient (Wildman–Crippen LogP) is 3.67. The van der Waals surface area contributed by atoms with Gasteiger partial charge < -0.3 is 14.5 Å². The Morgan fingerprint density at radius 2 is 1.80 bits per heavy atom. The fourth-order valence-corrected chi connectivity index (χ4v) is 4.86. The SMILES string of the molecule is COc1cccc(F)c1C(=O)N1CCCC12CCCN(CCc1ccccc1)C2=O. The van der Waals surface area contributed by atoms with Gasteiger partial charge in [-0.1, -0.05) is 36.4 Å². The Morgan fingerprint density at radius 3 is 2.53 bits per heavy atom. The van der Waals surface area contributed by atoms with Crippen molar-refractivity contribution in [3.8, 4) is 5.75 Å². The van der Waals surface area contributed by atoms with E-state index < -0.39 is 17.3 Å². The first-order chi connectivity index (χ1) is 14.6. The second-order valence-corrected chi connectivity index (χ2v) is 8.04. The number of piperidine rings is 1. The van der Waals surface area contributed by atoms with E-state index in [1.807, 2.05) is 23.1 Å². The number of ether oxygens (including phenoxy) is 1. The molecule has 5 nitrogen and oxygen atoms in total. The highest BCUT2D eigenvalue weighted by atomic mass is 19.1. The highest BCUT2D eigenvalue weighted by Gasteiger charge is 2.53.